The number of aliphatic imine (C=N–C) groups is 1. The minimum absolute atomic E-state index is 0.766. The standard InChI is InChI=1S/C5H9N3/c1-4-6-5(2)8(3)7-4/h2H2,1,3H3,(H,6,7). The summed E-state index contributed by atoms with van der Waals surface area (Å²) in [4.78, 5) is 4.01. The molecule has 0 aromatic heterocycles. The minimum atomic E-state index is 0.766. The predicted molar refractivity (Wildman–Crippen MR) is 33.1 cm³/mol. The molecule has 1 aliphatic heterocycles. The Bertz CT molecular complexity index is 148. The first-order valence-corrected chi connectivity index (χ1v) is 2.45. The average molecular weight is 111 g/mol. The number of hydrazine groups is 1. The molecule has 0 radical (unpaired) electrons. The van der Waals surface area contributed by atoms with E-state index in [0.717, 1.165) is 11.7 Å². The zero-order valence-electron chi connectivity index (χ0n) is 5.10. The number of hydrogen-bond donors (Lipinski definition) is 1. The summed E-state index contributed by atoms with van der Waals surface area (Å²) in [5.74, 6) is 1.67. The maximum Gasteiger partial charge on any atom is 0.141 e. The fourth-order valence-electron chi connectivity index (χ4n) is 0.601. The first-order valence-electron chi connectivity index (χ1n) is 2.45. The maximum atomic E-state index is 4.01. The summed E-state index contributed by atoms with van der Waals surface area (Å²) in [6, 6.07) is 0. The molecule has 0 bridgehead atoms. The van der Waals surface area contributed by atoms with Gasteiger partial charge in [-0.05, 0) is 6.92 Å². The van der Waals surface area contributed by atoms with Crippen molar-refractivity contribution in [2.45, 2.75) is 6.92 Å². The van der Waals surface area contributed by atoms with Gasteiger partial charge in [0.15, 0.2) is 0 Å². The van der Waals surface area contributed by atoms with Crippen LogP contribution in [0.3, 0.4) is 0 Å². The summed E-state index contributed by atoms with van der Waals surface area (Å²) in [5, 5.41) is 1.77. The Balaban J connectivity index is 2.70. The molecule has 0 aliphatic carbocycles. The van der Waals surface area contributed by atoms with Crippen molar-refractivity contribution in [2.24, 2.45) is 4.99 Å². The largest absolute Gasteiger partial charge is 0.284 e. The van der Waals surface area contributed by atoms with Gasteiger partial charge in [0.2, 0.25) is 0 Å². The third kappa shape index (κ3) is 0.665. The second-order valence-corrected chi connectivity index (χ2v) is 1.78. The Kier molecular flexibility index (Phi) is 0.970. The van der Waals surface area contributed by atoms with E-state index in [1.165, 1.54) is 0 Å². The molecular formula is C5H9N3. The van der Waals surface area contributed by atoms with E-state index in [0.29, 0.717) is 0 Å². The van der Waals surface area contributed by atoms with E-state index in [1.807, 2.05) is 14.0 Å². The number of hydrogen-bond acceptors (Lipinski definition) is 3. The number of rotatable bonds is 0. The van der Waals surface area contributed by atoms with Gasteiger partial charge in [-0.25, -0.2) is 4.99 Å². The molecule has 0 amide bonds. The Morgan fingerprint density at radius 1 is 1.75 bits per heavy atom. The van der Waals surface area contributed by atoms with Gasteiger partial charge in [-0.15, -0.1) is 0 Å². The van der Waals surface area contributed by atoms with Crippen molar-refractivity contribution in [3.05, 3.63) is 12.4 Å². The van der Waals surface area contributed by atoms with Crippen LogP contribution in [-0.2, 0) is 0 Å². The van der Waals surface area contributed by atoms with Crippen molar-refractivity contribution < 1.29 is 0 Å². The Hall–Kier alpha value is -0.990. The lowest BCUT2D eigenvalue weighted by Gasteiger charge is -2.09. The molecule has 0 aromatic rings. The molecular weight excluding hydrogens is 102 g/mol. The number of nitrogens with zero attached hydrogens (tertiary/aromatic N) is 2. The SMILES string of the molecule is C=C1N=C(C)NN1C. The monoisotopic (exact) mass is 111 g/mol. The van der Waals surface area contributed by atoms with Gasteiger partial charge < -0.3 is 0 Å². The van der Waals surface area contributed by atoms with Crippen LogP contribution in [0, 0.1) is 0 Å². The van der Waals surface area contributed by atoms with Crippen molar-refractivity contribution >= 4 is 5.84 Å². The molecule has 3 heteroatoms. The first kappa shape index (κ1) is 5.15. The molecule has 1 rings (SSSR count). The van der Waals surface area contributed by atoms with Crippen LogP contribution in [0.25, 0.3) is 0 Å². The van der Waals surface area contributed by atoms with Gasteiger partial charge in [-0.1, -0.05) is 6.58 Å². The molecule has 0 unspecified atom stereocenters. The molecule has 1 heterocycles. The molecule has 0 atom stereocenters. The first-order chi connectivity index (χ1) is 3.70. The molecule has 1 aliphatic rings. The summed E-state index contributed by atoms with van der Waals surface area (Å²) < 4.78 is 0. The van der Waals surface area contributed by atoms with E-state index in [2.05, 4.69) is 17.0 Å². The Morgan fingerprint density at radius 3 is 2.50 bits per heavy atom. The van der Waals surface area contributed by atoms with E-state index in [1.54, 1.807) is 5.01 Å². The summed E-state index contributed by atoms with van der Waals surface area (Å²) in [7, 11) is 1.88. The third-order valence-electron chi connectivity index (χ3n) is 1.01. The van der Waals surface area contributed by atoms with Crippen molar-refractivity contribution in [1.82, 2.24) is 10.4 Å². The van der Waals surface area contributed by atoms with Crippen molar-refractivity contribution in [1.29, 1.82) is 0 Å². The van der Waals surface area contributed by atoms with Crippen LogP contribution in [-0.4, -0.2) is 17.9 Å². The van der Waals surface area contributed by atoms with Gasteiger partial charge in [0.25, 0.3) is 0 Å². The summed E-state index contributed by atoms with van der Waals surface area (Å²) in [6.45, 7) is 5.56. The zero-order chi connectivity index (χ0) is 6.15. The van der Waals surface area contributed by atoms with Crippen LogP contribution in [0.5, 0.6) is 0 Å². The average Bonchev–Trinajstić information content (AvgIpc) is 1.85. The fourth-order valence-corrected chi connectivity index (χ4v) is 0.601. The summed E-state index contributed by atoms with van der Waals surface area (Å²) in [5.41, 5.74) is 2.95. The topological polar surface area (TPSA) is 27.6 Å². The van der Waals surface area contributed by atoms with E-state index in [4.69, 9.17) is 0 Å². The zero-order valence-corrected chi connectivity index (χ0v) is 5.10. The van der Waals surface area contributed by atoms with Crippen LogP contribution in [0.15, 0.2) is 17.4 Å². The summed E-state index contributed by atoms with van der Waals surface area (Å²) in [6.07, 6.45) is 0. The molecule has 0 saturated heterocycles. The highest BCUT2D eigenvalue weighted by molar-refractivity contribution is 5.81. The van der Waals surface area contributed by atoms with Gasteiger partial charge in [0, 0.05) is 7.05 Å². The van der Waals surface area contributed by atoms with Crippen LogP contribution >= 0.6 is 0 Å². The van der Waals surface area contributed by atoms with E-state index in [9.17, 15) is 0 Å². The molecule has 3 nitrogen and oxygen atoms in total. The molecule has 1 N–H and O–H groups in total. The third-order valence-corrected chi connectivity index (χ3v) is 1.01. The second kappa shape index (κ2) is 1.51. The lowest BCUT2D eigenvalue weighted by atomic mass is 10.7. The lowest BCUT2D eigenvalue weighted by molar-refractivity contribution is 0.395. The second-order valence-electron chi connectivity index (χ2n) is 1.78. The van der Waals surface area contributed by atoms with E-state index in [-0.39, 0.29) is 0 Å². The summed E-state index contributed by atoms with van der Waals surface area (Å²) >= 11 is 0. The maximum absolute atomic E-state index is 4.01. The quantitative estimate of drug-likeness (QED) is 0.487. The van der Waals surface area contributed by atoms with E-state index < -0.39 is 0 Å². The van der Waals surface area contributed by atoms with Gasteiger partial charge >= 0.3 is 0 Å². The Labute approximate surface area is 48.7 Å². The van der Waals surface area contributed by atoms with Crippen molar-refractivity contribution in [3.63, 3.8) is 0 Å². The van der Waals surface area contributed by atoms with Gasteiger partial charge in [0.1, 0.15) is 11.7 Å². The number of amidine groups is 1. The smallest absolute Gasteiger partial charge is 0.141 e. The highest BCUT2D eigenvalue weighted by atomic mass is 15.6. The normalized spacial score (nSPS) is 18.5. The van der Waals surface area contributed by atoms with Crippen molar-refractivity contribution in [2.75, 3.05) is 7.05 Å². The lowest BCUT2D eigenvalue weighted by Crippen LogP contribution is -2.29. The minimum Gasteiger partial charge on any atom is -0.284 e. The Morgan fingerprint density at radius 2 is 2.38 bits per heavy atom. The van der Waals surface area contributed by atoms with Crippen LogP contribution in [0.2, 0.25) is 0 Å². The molecule has 0 spiro atoms. The van der Waals surface area contributed by atoms with Crippen LogP contribution in [0.4, 0.5) is 0 Å². The van der Waals surface area contributed by atoms with Crippen LogP contribution < -0.4 is 5.43 Å². The fraction of sp³-hybridized carbons (Fsp3) is 0.400. The highest BCUT2D eigenvalue weighted by Crippen LogP contribution is 2.02. The predicted octanol–water partition coefficient (Wildman–Crippen LogP) is 0.326. The van der Waals surface area contributed by atoms with Gasteiger partial charge in [-0.3, -0.25) is 10.4 Å². The van der Waals surface area contributed by atoms with Crippen molar-refractivity contribution in [3.8, 4) is 0 Å². The molecule has 0 saturated carbocycles. The molecule has 8 heavy (non-hydrogen) atoms. The highest BCUT2D eigenvalue weighted by Gasteiger charge is 2.07. The molecule has 0 aromatic carbocycles. The van der Waals surface area contributed by atoms with Gasteiger partial charge in [0.05, 0.1) is 0 Å². The molecule has 44 valence electrons. The van der Waals surface area contributed by atoms with E-state index >= 15 is 0 Å². The van der Waals surface area contributed by atoms with Gasteiger partial charge in [-0.2, -0.15) is 0 Å². The number of nitrogens with one attached hydrogen (secondary N) is 1. The molecule has 0 fully saturated rings. The van der Waals surface area contributed by atoms with Crippen LogP contribution in [0.1, 0.15) is 6.92 Å².